The van der Waals surface area contributed by atoms with E-state index < -0.39 is 10.2 Å². The van der Waals surface area contributed by atoms with Crippen LogP contribution in [0.5, 0.6) is 0 Å². The van der Waals surface area contributed by atoms with Crippen LogP contribution in [0.25, 0.3) is 0 Å². The predicted molar refractivity (Wildman–Crippen MR) is 81.3 cm³/mol. The normalized spacial score (nSPS) is 19.9. The number of benzene rings is 1. The number of nitrogen functional groups attached to an aromatic ring is 1. The second-order valence-electron chi connectivity index (χ2n) is 5.60. The van der Waals surface area contributed by atoms with Gasteiger partial charge < -0.3 is 5.73 Å². The highest BCUT2D eigenvalue weighted by atomic mass is 32.2. The molecule has 3 N–H and O–H groups in total. The lowest BCUT2D eigenvalue weighted by atomic mass is 10.0. The van der Waals surface area contributed by atoms with Crippen LogP contribution in [0.2, 0.25) is 0 Å². The Morgan fingerprint density at radius 2 is 2.00 bits per heavy atom. The van der Waals surface area contributed by atoms with Gasteiger partial charge in [0.1, 0.15) is 0 Å². The molecule has 0 saturated carbocycles. The summed E-state index contributed by atoms with van der Waals surface area (Å²) in [4.78, 5) is 0. The van der Waals surface area contributed by atoms with Crippen LogP contribution in [0.4, 0.5) is 5.69 Å². The van der Waals surface area contributed by atoms with Crippen LogP contribution in [0.1, 0.15) is 38.3 Å². The molecule has 1 atom stereocenters. The fourth-order valence-electron chi connectivity index (χ4n) is 2.42. The molecule has 2 rings (SSSR count). The van der Waals surface area contributed by atoms with Crippen LogP contribution in [-0.2, 0) is 10.2 Å². The van der Waals surface area contributed by atoms with Crippen molar-refractivity contribution in [3.8, 4) is 0 Å². The lowest BCUT2D eigenvalue weighted by molar-refractivity contribution is 0.284. The van der Waals surface area contributed by atoms with Gasteiger partial charge in [0, 0.05) is 24.8 Å². The Morgan fingerprint density at radius 1 is 1.35 bits per heavy atom. The predicted octanol–water partition coefficient (Wildman–Crippen LogP) is 1.90. The van der Waals surface area contributed by atoms with Crippen LogP contribution >= 0.6 is 0 Å². The van der Waals surface area contributed by atoms with Gasteiger partial charge in [-0.1, -0.05) is 19.1 Å². The second kappa shape index (κ2) is 6.11. The van der Waals surface area contributed by atoms with Crippen LogP contribution in [-0.4, -0.2) is 25.8 Å². The molecule has 1 aliphatic heterocycles. The summed E-state index contributed by atoms with van der Waals surface area (Å²) < 4.78 is 29.0. The Labute approximate surface area is 121 Å². The molecule has 112 valence electrons. The minimum atomic E-state index is -3.42. The van der Waals surface area contributed by atoms with Crippen molar-refractivity contribution in [2.75, 3.05) is 18.8 Å². The van der Waals surface area contributed by atoms with Gasteiger partial charge in [-0.25, -0.2) is 0 Å². The Kier molecular flexibility index (Phi) is 4.67. The van der Waals surface area contributed by atoms with Crippen molar-refractivity contribution in [2.45, 2.75) is 32.7 Å². The Morgan fingerprint density at radius 3 is 2.60 bits per heavy atom. The molecule has 1 saturated heterocycles. The summed E-state index contributed by atoms with van der Waals surface area (Å²) >= 11 is 0. The van der Waals surface area contributed by atoms with Crippen molar-refractivity contribution in [3.63, 3.8) is 0 Å². The van der Waals surface area contributed by atoms with Crippen LogP contribution in [0.3, 0.4) is 0 Å². The van der Waals surface area contributed by atoms with E-state index in [0.717, 1.165) is 18.4 Å². The highest BCUT2D eigenvalue weighted by molar-refractivity contribution is 7.87. The summed E-state index contributed by atoms with van der Waals surface area (Å²) in [5.41, 5.74) is 7.24. The SMILES string of the molecule is CC1CCN(S(=O)(=O)NC(C)c2cccc(N)c2)CC1. The molecular formula is C14H23N3O2S. The molecule has 20 heavy (non-hydrogen) atoms. The van der Waals surface area contributed by atoms with Gasteiger partial charge in [0.25, 0.3) is 10.2 Å². The van der Waals surface area contributed by atoms with Crippen molar-refractivity contribution >= 4 is 15.9 Å². The molecular weight excluding hydrogens is 274 g/mol. The molecule has 0 spiro atoms. The maximum absolute atomic E-state index is 12.3. The van der Waals surface area contributed by atoms with Crippen LogP contribution < -0.4 is 10.5 Å². The van der Waals surface area contributed by atoms with E-state index in [4.69, 9.17) is 5.73 Å². The van der Waals surface area contributed by atoms with Crippen molar-refractivity contribution in [1.82, 2.24) is 9.03 Å². The number of hydrogen-bond acceptors (Lipinski definition) is 3. The van der Waals surface area contributed by atoms with Crippen molar-refractivity contribution in [2.24, 2.45) is 5.92 Å². The molecule has 0 radical (unpaired) electrons. The summed E-state index contributed by atoms with van der Waals surface area (Å²) in [7, 11) is -3.42. The van der Waals surface area contributed by atoms with E-state index >= 15 is 0 Å². The van der Waals surface area contributed by atoms with E-state index in [1.54, 1.807) is 12.1 Å². The smallest absolute Gasteiger partial charge is 0.279 e. The molecule has 1 aromatic carbocycles. The molecule has 0 aromatic heterocycles. The summed E-state index contributed by atoms with van der Waals surface area (Å²) in [5.74, 6) is 0.604. The fourth-order valence-corrected chi connectivity index (χ4v) is 3.84. The molecule has 6 heteroatoms. The zero-order valence-electron chi connectivity index (χ0n) is 12.0. The number of piperidine rings is 1. The molecule has 1 aliphatic rings. The summed E-state index contributed by atoms with van der Waals surface area (Å²) in [6, 6.07) is 7.00. The van der Waals surface area contributed by atoms with E-state index in [1.165, 1.54) is 4.31 Å². The van der Waals surface area contributed by atoms with Crippen LogP contribution in [0, 0.1) is 5.92 Å². The molecule has 1 aromatic rings. The van der Waals surface area contributed by atoms with E-state index in [0.29, 0.717) is 24.7 Å². The molecule has 0 aliphatic carbocycles. The minimum Gasteiger partial charge on any atom is -0.399 e. The van der Waals surface area contributed by atoms with Gasteiger partial charge in [-0.05, 0) is 43.4 Å². The third kappa shape index (κ3) is 3.71. The molecule has 1 unspecified atom stereocenters. The Hall–Kier alpha value is -1.11. The van der Waals surface area contributed by atoms with Crippen molar-refractivity contribution < 1.29 is 8.42 Å². The lowest BCUT2D eigenvalue weighted by Gasteiger charge is -2.30. The molecule has 0 amide bonds. The molecule has 1 heterocycles. The summed E-state index contributed by atoms with van der Waals surface area (Å²) in [6.45, 7) is 5.19. The standard InChI is InChI=1S/C14H23N3O2S/c1-11-6-8-17(9-7-11)20(18,19)16-12(2)13-4-3-5-14(15)10-13/h3-5,10-12,16H,6-9,15H2,1-2H3. The topological polar surface area (TPSA) is 75.4 Å². The van der Waals surface area contributed by atoms with Gasteiger partial charge in [-0.3, -0.25) is 0 Å². The van der Waals surface area contributed by atoms with E-state index in [9.17, 15) is 8.42 Å². The monoisotopic (exact) mass is 297 g/mol. The Bertz CT molecular complexity index is 551. The number of nitrogens with one attached hydrogen (secondary N) is 1. The largest absolute Gasteiger partial charge is 0.399 e. The Balaban J connectivity index is 2.04. The molecule has 1 fully saturated rings. The highest BCUT2D eigenvalue weighted by Crippen LogP contribution is 2.21. The zero-order valence-corrected chi connectivity index (χ0v) is 12.9. The van der Waals surface area contributed by atoms with Gasteiger partial charge in [-0.15, -0.1) is 0 Å². The van der Waals surface area contributed by atoms with E-state index in [-0.39, 0.29) is 6.04 Å². The minimum absolute atomic E-state index is 0.289. The first-order valence-corrected chi connectivity index (χ1v) is 8.45. The maximum Gasteiger partial charge on any atom is 0.279 e. The zero-order chi connectivity index (χ0) is 14.8. The number of hydrogen-bond donors (Lipinski definition) is 2. The second-order valence-corrected chi connectivity index (χ2v) is 7.30. The lowest BCUT2D eigenvalue weighted by Crippen LogP contribution is -2.45. The summed E-state index contributed by atoms with van der Waals surface area (Å²) in [6.07, 6.45) is 1.85. The highest BCUT2D eigenvalue weighted by Gasteiger charge is 2.27. The molecule has 5 nitrogen and oxygen atoms in total. The van der Waals surface area contributed by atoms with Crippen molar-refractivity contribution in [1.29, 1.82) is 0 Å². The average Bonchev–Trinajstić information content (AvgIpc) is 2.38. The van der Waals surface area contributed by atoms with Crippen LogP contribution in [0.15, 0.2) is 24.3 Å². The van der Waals surface area contributed by atoms with Gasteiger partial charge in [0.05, 0.1) is 0 Å². The average molecular weight is 297 g/mol. The number of anilines is 1. The first kappa shape index (κ1) is 15.3. The number of nitrogens with zero attached hydrogens (tertiary/aromatic N) is 1. The van der Waals surface area contributed by atoms with Gasteiger partial charge in [0.2, 0.25) is 0 Å². The van der Waals surface area contributed by atoms with E-state index in [2.05, 4.69) is 11.6 Å². The number of nitrogens with two attached hydrogens (primary N) is 1. The van der Waals surface area contributed by atoms with Gasteiger partial charge in [-0.2, -0.15) is 17.4 Å². The quantitative estimate of drug-likeness (QED) is 0.833. The van der Waals surface area contributed by atoms with Gasteiger partial charge >= 0.3 is 0 Å². The maximum atomic E-state index is 12.3. The van der Waals surface area contributed by atoms with E-state index in [1.807, 2.05) is 19.1 Å². The first-order chi connectivity index (χ1) is 9.38. The third-order valence-electron chi connectivity index (χ3n) is 3.82. The molecule has 0 bridgehead atoms. The first-order valence-electron chi connectivity index (χ1n) is 7.01. The number of rotatable bonds is 4. The van der Waals surface area contributed by atoms with Crippen molar-refractivity contribution in [3.05, 3.63) is 29.8 Å². The fraction of sp³-hybridized carbons (Fsp3) is 0.571. The third-order valence-corrected chi connectivity index (χ3v) is 5.52. The summed E-state index contributed by atoms with van der Waals surface area (Å²) in [5, 5.41) is 0. The van der Waals surface area contributed by atoms with Gasteiger partial charge in [0.15, 0.2) is 0 Å².